The first-order valence-corrected chi connectivity index (χ1v) is 8.20. The van der Waals surface area contributed by atoms with Crippen molar-refractivity contribution >= 4 is 27.5 Å². The van der Waals surface area contributed by atoms with Crippen LogP contribution >= 0.6 is 15.9 Å². The lowest BCUT2D eigenvalue weighted by Gasteiger charge is -2.22. The molecule has 0 aliphatic carbocycles. The van der Waals surface area contributed by atoms with Crippen molar-refractivity contribution in [3.63, 3.8) is 0 Å². The van der Waals surface area contributed by atoms with Crippen LogP contribution in [-0.2, 0) is 6.54 Å². The number of nitrogens with zero attached hydrogens (tertiary/aromatic N) is 2. The minimum absolute atomic E-state index is 0.107. The van der Waals surface area contributed by atoms with Crippen molar-refractivity contribution in [2.45, 2.75) is 13.5 Å². The molecule has 0 spiro atoms. The number of hydrogen-bond acceptors (Lipinski definition) is 2. The van der Waals surface area contributed by atoms with E-state index in [0.29, 0.717) is 6.54 Å². The number of benzene rings is 2. The normalized spacial score (nSPS) is 14.5. The van der Waals surface area contributed by atoms with E-state index in [2.05, 4.69) is 40.0 Å². The Labute approximate surface area is 139 Å². The summed E-state index contributed by atoms with van der Waals surface area (Å²) in [4.78, 5) is 17.1. The van der Waals surface area contributed by atoms with E-state index < -0.39 is 0 Å². The Balaban J connectivity index is 1.91. The largest absolute Gasteiger partial charge is 0.373 e. The van der Waals surface area contributed by atoms with Gasteiger partial charge in [0.25, 0.3) is 5.91 Å². The number of halogens is 1. The lowest BCUT2D eigenvalue weighted by atomic mass is 10.1. The van der Waals surface area contributed by atoms with Gasteiger partial charge in [-0.2, -0.15) is 0 Å². The maximum absolute atomic E-state index is 12.9. The highest BCUT2D eigenvalue weighted by Gasteiger charge is 2.23. The molecule has 0 fully saturated rings. The third-order valence-corrected chi connectivity index (χ3v) is 4.67. The molecule has 22 heavy (non-hydrogen) atoms. The molecule has 1 aliphatic heterocycles. The summed E-state index contributed by atoms with van der Waals surface area (Å²) in [5.41, 5.74) is 4.20. The number of amides is 1. The van der Waals surface area contributed by atoms with Crippen LogP contribution in [0.15, 0.2) is 46.9 Å². The molecule has 2 aromatic rings. The van der Waals surface area contributed by atoms with Gasteiger partial charge in [-0.05, 0) is 42.3 Å². The van der Waals surface area contributed by atoms with Gasteiger partial charge in [0.1, 0.15) is 0 Å². The summed E-state index contributed by atoms with van der Waals surface area (Å²) < 4.78 is 1.00. The van der Waals surface area contributed by atoms with Crippen LogP contribution in [0.4, 0.5) is 5.69 Å². The smallest absolute Gasteiger partial charge is 0.254 e. The Morgan fingerprint density at radius 2 is 1.91 bits per heavy atom. The molecule has 1 aliphatic rings. The first-order chi connectivity index (χ1) is 10.6. The summed E-state index contributed by atoms with van der Waals surface area (Å²) in [6.07, 6.45) is 0. The van der Waals surface area contributed by atoms with Crippen molar-refractivity contribution in [2.75, 3.05) is 25.0 Å². The molecule has 0 bridgehead atoms. The highest BCUT2D eigenvalue weighted by Crippen LogP contribution is 2.25. The lowest BCUT2D eigenvalue weighted by Crippen LogP contribution is -2.34. The molecule has 0 radical (unpaired) electrons. The second kappa shape index (κ2) is 6.13. The van der Waals surface area contributed by atoms with Gasteiger partial charge in [0.2, 0.25) is 0 Å². The van der Waals surface area contributed by atoms with E-state index in [1.807, 2.05) is 42.2 Å². The number of para-hydroxylation sites is 1. The molecule has 0 aromatic heterocycles. The third-order valence-electron chi connectivity index (χ3n) is 4.18. The van der Waals surface area contributed by atoms with Gasteiger partial charge >= 0.3 is 0 Å². The summed E-state index contributed by atoms with van der Waals surface area (Å²) >= 11 is 3.45. The average Bonchev–Trinajstić information content (AvgIpc) is 2.67. The zero-order valence-electron chi connectivity index (χ0n) is 12.8. The van der Waals surface area contributed by atoms with Gasteiger partial charge in [0.05, 0.1) is 0 Å². The summed E-state index contributed by atoms with van der Waals surface area (Å²) in [5.74, 6) is 0.107. The average molecular weight is 359 g/mol. The van der Waals surface area contributed by atoms with E-state index in [9.17, 15) is 4.79 Å². The second-order valence-corrected chi connectivity index (χ2v) is 6.65. The zero-order valence-corrected chi connectivity index (χ0v) is 14.4. The molecule has 3 rings (SSSR count). The van der Waals surface area contributed by atoms with Gasteiger partial charge in [-0.3, -0.25) is 4.79 Å². The van der Waals surface area contributed by atoms with Crippen LogP contribution in [-0.4, -0.2) is 30.9 Å². The first kappa shape index (κ1) is 15.1. The minimum atomic E-state index is 0.107. The van der Waals surface area contributed by atoms with Crippen LogP contribution in [0.1, 0.15) is 21.5 Å². The fourth-order valence-corrected chi connectivity index (χ4v) is 3.38. The fraction of sp³-hybridized carbons (Fsp3) is 0.278. The monoisotopic (exact) mass is 358 g/mol. The van der Waals surface area contributed by atoms with Gasteiger partial charge in [-0.25, -0.2) is 0 Å². The number of hydrogen-bond donors (Lipinski definition) is 0. The van der Waals surface area contributed by atoms with Crippen molar-refractivity contribution in [2.24, 2.45) is 0 Å². The number of aryl methyl sites for hydroxylation is 1. The van der Waals surface area contributed by atoms with Crippen molar-refractivity contribution in [3.05, 3.63) is 63.6 Å². The van der Waals surface area contributed by atoms with E-state index in [1.165, 1.54) is 11.3 Å². The molecule has 0 saturated carbocycles. The van der Waals surface area contributed by atoms with E-state index in [0.717, 1.165) is 28.7 Å². The Hall–Kier alpha value is -1.81. The number of carbonyl (C=O) groups is 1. The molecule has 3 nitrogen and oxygen atoms in total. The molecule has 0 atom stereocenters. The maximum Gasteiger partial charge on any atom is 0.254 e. The van der Waals surface area contributed by atoms with E-state index in [-0.39, 0.29) is 5.91 Å². The lowest BCUT2D eigenvalue weighted by molar-refractivity contribution is 0.0751. The molecule has 0 N–H and O–H groups in total. The maximum atomic E-state index is 12.9. The predicted molar refractivity (Wildman–Crippen MR) is 93.3 cm³/mol. The Morgan fingerprint density at radius 3 is 2.68 bits per heavy atom. The van der Waals surface area contributed by atoms with Crippen LogP contribution in [0.3, 0.4) is 0 Å². The van der Waals surface area contributed by atoms with E-state index in [1.54, 1.807) is 0 Å². The van der Waals surface area contributed by atoms with Crippen molar-refractivity contribution in [1.82, 2.24) is 4.90 Å². The molecule has 1 amide bonds. The van der Waals surface area contributed by atoms with Gasteiger partial charge in [0, 0.05) is 42.4 Å². The molecule has 114 valence electrons. The number of likely N-dealkylation sites (N-methyl/N-ethyl adjacent to an activating group) is 1. The van der Waals surface area contributed by atoms with Gasteiger partial charge < -0.3 is 9.80 Å². The molecule has 1 heterocycles. The van der Waals surface area contributed by atoms with Crippen LogP contribution in [0, 0.1) is 6.92 Å². The highest BCUT2D eigenvalue weighted by molar-refractivity contribution is 9.10. The van der Waals surface area contributed by atoms with Crippen molar-refractivity contribution in [3.8, 4) is 0 Å². The Kier molecular flexibility index (Phi) is 4.21. The summed E-state index contributed by atoms with van der Waals surface area (Å²) in [5, 5.41) is 0. The standard InChI is InChI=1S/C18H19BrN2O/c1-13-11-15(19)7-8-16(13)18(22)21-10-9-20(2)17-6-4-3-5-14(17)12-21/h3-8,11H,9-10,12H2,1-2H3. The van der Waals surface area contributed by atoms with E-state index in [4.69, 9.17) is 0 Å². The number of rotatable bonds is 1. The summed E-state index contributed by atoms with van der Waals surface area (Å²) in [6, 6.07) is 14.1. The topological polar surface area (TPSA) is 23.6 Å². The first-order valence-electron chi connectivity index (χ1n) is 7.41. The third kappa shape index (κ3) is 2.88. The quantitative estimate of drug-likeness (QED) is 0.772. The van der Waals surface area contributed by atoms with Crippen LogP contribution in [0.25, 0.3) is 0 Å². The molecular weight excluding hydrogens is 340 g/mol. The van der Waals surface area contributed by atoms with E-state index >= 15 is 0 Å². The van der Waals surface area contributed by atoms with Crippen LogP contribution < -0.4 is 4.90 Å². The number of anilines is 1. The SMILES string of the molecule is Cc1cc(Br)ccc1C(=O)N1CCN(C)c2ccccc2C1. The minimum Gasteiger partial charge on any atom is -0.373 e. The van der Waals surface area contributed by atoms with Crippen molar-refractivity contribution in [1.29, 1.82) is 0 Å². The summed E-state index contributed by atoms with van der Waals surface area (Å²) in [7, 11) is 2.08. The molecule has 0 saturated heterocycles. The van der Waals surface area contributed by atoms with Crippen molar-refractivity contribution < 1.29 is 4.79 Å². The zero-order chi connectivity index (χ0) is 15.7. The van der Waals surface area contributed by atoms with Gasteiger partial charge in [-0.15, -0.1) is 0 Å². The fourth-order valence-electron chi connectivity index (χ4n) is 2.90. The predicted octanol–water partition coefficient (Wildman–Crippen LogP) is 3.85. The molecular formula is C18H19BrN2O. The Bertz CT molecular complexity index is 714. The molecule has 0 unspecified atom stereocenters. The second-order valence-electron chi connectivity index (χ2n) is 5.74. The van der Waals surface area contributed by atoms with Crippen LogP contribution in [0.2, 0.25) is 0 Å². The number of carbonyl (C=O) groups excluding carboxylic acids is 1. The van der Waals surface area contributed by atoms with Gasteiger partial charge in [0.15, 0.2) is 0 Å². The van der Waals surface area contributed by atoms with Gasteiger partial charge in [-0.1, -0.05) is 34.1 Å². The molecule has 2 aromatic carbocycles. The number of fused-ring (bicyclic) bond motifs is 1. The Morgan fingerprint density at radius 1 is 1.14 bits per heavy atom. The molecule has 4 heteroatoms. The highest BCUT2D eigenvalue weighted by atomic mass is 79.9. The van der Waals surface area contributed by atoms with Crippen LogP contribution in [0.5, 0.6) is 0 Å². The summed E-state index contributed by atoms with van der Waals surface area (Å²) in [6.45, 7) is 4.22.